The van der Waals surface area contributed by atoms with Crippen molar-refractivity contribution in [3.63, 3.8) is 0 Å². The maximum atomic E-state index is 12.9. The lowest BCUT2D eigenvalue weighted by molar-refractivity contribution is -0.159. The second-order valence-electron chi connectivity index (χ2n) is 7.67. The van der Waals surface area contributed by atoms with Crippen molar-refractivity contribution in [1.29, 1.82) is 0 Å². The molecule has 0 spiro atoms. The standard InChI is InChI=1S/C20H23NO5/c1-12-5-13(2)18-14(9-26-16(18)6-12)7-17(22)21-8-15-3-4-25-11-20(15,10-21)19(23)24/h5-6,9,15H,3-4,7-8,10-11H2,1-2H3,(H,23,24)/t15-,20+/m0/s1. The van der Waals surface area contributed by atoms with Gasteiger partial charge in [-0.2, -0.15) is 0 Å². The van der Waals surface area contributed by atoms with E-state index in [0.717, 1.165) is 27.7 Å². The van der Waals surface area contributed by atoms with Crippen LogP contribution >= 0.6 is 0 Å². The van der Waals surface area contributed by atoms with Gasteiger partial charge in [0.05, 0.1) is 19.3 Å². The molecule has 6 heteroatoms. The normalized spacial score (nSPS) is 25.5. The number of ether oxygens (including phenoxy) is 1. The smallest absolute Gasteiger partial charge is 0.314 e. The highest BCUT2D eigenvalue weighted by atomic mass is 16.5. The molecule has 0 saturated carbocycles. The Balaban J connectivity index is 1.57. The molecule has 1 amide bonds. The predicted octanol–water partition coefficient (Wildman–Crippen LogP) is 2.54. The zero-order valence-corrected chi connectivity index (χ0v) is 15.1. The molecule has 26 heavy (non-hydrogen) atoms. The fourth-order valence-corrected chi connectivity index (χ4v) is 4.51. The van der Waals surface area contributed by atoms with Gasteiger partial charge < -0.3 is 19.2 Å². The maximum Gasteiger partial charge on any atom is 0.314 e. The lowest BCUT2D eigenvalue weighted by atomic mass is 9.76. The van der Waals surface area contributed by atoms with Crippen molar-refractivity contribution >= 4 is 22.8 Å². The van der Waals surface area contributed by atoms with Gasteiger partial charge in [-0.25, -0.2) is 0 Å². The summed E-state index contributed by atoms with van der Waals surface area (Å²) >= 11 is 0. The zero-order chi connectivity index (χ0) is 18.5. The molecular formula is C20H23NO5. The Morgan fingerprint density at radius 1 is 1.35 bits per heavy atom. The minimum atomic E-state index is -0.959. The summed E-state index contributed by atoms with van der Waals surface area (Å²) in [6, 6.07) is 4.05. The molecule has 0 radical (unpaired) electrons. The number of carbonyl (C=O) groups excluding carboxylic acids is 1. The Bertz CT molecular complexity index is 886. The first-order valence-electron chi connectivity index (χ1n) is 8.97. The number of carbonyl (C=O) groups is 2. The summed E-state index contributed by atoms with van der Waals surface area (Å²) in [5, 5.41) is 10.7. The molecule has 2 fully saturated rings. The van der Waals surface area contributed by atoms with Crippen LogP contribution in [0.1, 0.15) is 23.1 Å². The molecule has 2 aliphatic heterocycles. The Hall–Kier alpha value is -2.34. The van der Waals surface area contributed by atoms with E-state index in [1.54, 1.807) is 11.2 Å². The molecule has 4 rings (SSSR count). The van der Waals surface area contributed by atoms with E-state index in [9.17, 15) is 14.7 Å². The molecule has 2 saturated heterocycles. The van der Waals surface area contributed by atoms with Gasteiger partial charge in [0.15, 0.2) is 0 Å². The number of aryl methyl sites for hydroxylation is 2. The number of carboxylic acid groups (broad SMARTS) is 1. The van der Waals surface area contributed by atoms with Crippen LogP contribution in [0.3, 0.4) is 0 Å². The molecule has 138 valence electrons. The van der Waals surface area contributed by atoms with Gasteiger partial charge in [-0.3, -0.25) is 9.59 Å². The molecule has 1 N–H and O–H groups in total. The first kappa shape index (κ1) is 17.1. The van der Waals surface area contributed by atoms with Gasteiger partial charge in [0.2, 0.25) is 5.91 Å². The van der Waals surface area contributed by atoms with E-state index in [4.69, 9.17) is 9.15 Å². The largest absolute Gasteiger partial charge is 0.481 e. The number of nitrogens with zero attached hydrogens (tertiary/aromatic N) is 1. The number of likely N-dealkylation sites (tertiary alicyclic amines) is 1. The van der Waals surface area contributed by atoms with Crippen molar-refractivity contribution in [3.8, 4) is 0 Å². The number of carboxylic acids is 1. The van der Waals surface area contributed by atoms with Gasteiger partial charge in [0.1, 0.15) is 11.0 Å². The molecule has 0 aliphatic carbocycles. The van der Waals surface area contributed by atoms with Crippen LogP contribution in [0.25, 0.3) is 11.0 Å². The fourth-order valence-electron chi connectivity index (χ4n) is 4.51. The van der Waals surface area contributed by atoms with Crippen LogP contribution in [0.4, 0.5) is 0 Å². The average molecular weight is 357 g/mol. The monoisotopic (exact) mass is 357 g/mol. The molecule has 1 aromatic heterocycles. The van der Waals surface area contributed by atoms with Crippen molar-refractivity contribution in [1.82, 2.24) is 4.90 Å². The SMILES string of the molecule is Cc1cc(C)c2c(CC(=O)N3C[C@@H]4CCOC[C@]4(C(=O)O)C3)coc2c1. The molecule has 0 unspecified atom stereocenters. The molecule has 2 atom stereocenters. The van der Waals surface area contributed by atoms with Crippen molar-refractivity contribution in [2.45, 2.75) is 26.7 Å². The molecule has 3 heterocycles. The van der Waals surface area contributed by atoms with Gasteiger partial charge in [0.25, 0.3) is 0 Å². The van der Waals surface area contributed by atoms with Gasteiger partial charge in [-0.1, -0.05) is 6.07 Å². The summed E-state index contributed by atoms with van der Waals surface area (Å²) < 4.78 is 11.1. The third-order valence-electron chi connectivity index (χ3n) is 5.88. The number of hydrogen-bond acceptors (Lipinski definition) is 4. The van der Waals surface area contributed by atoms with Crippen molar-refractivity contribution in [2.24, 2.45) is 11.3 Å². The van der Waals surface area contributed by atoms with Crippen LogP contribution in [-0.4, -0.2) is 48.2 Å². The summed E-state index contributed by atoms with van der Waals surface area (Å²) in [6.07, 6.45) is 2.55. The van der Waals surface area contributed by atoms with E-state index in [0.29, 0.717) is 19.6 Å². The lowest BCUT2D eigenvalue weighted by Gasteiger charge is -2.33. The fraction of sp³-hybridized carbons (Fsp3) is 0.500. The first-order valence-corrected chi connectivity index (χ1v) is 8.97. The van der Waals surface area contributed by atoms with Gasteiger partial charge >= 0.3 is 5.97 Å². The zero-order valence-electron chi connectivity index (χ0n) is 15.1. The Kier molecular flexibility index (Phi) is 4.03. The molecule has 2 aliphatic rings. The Morgan fingerprint density at radius 3 is 2.88 bits per heavy atom. The molecule has 2 aromatic rings. The van der Waals surface area contributed by atoms with Crippen LogP contribution < -0.4 is 0 Å². The van der Waals surface area contributed by atoms with Crippen LogP contribution in [0.2, 0.25) is 0 Å². The van der Waals surface area contributed by atoms with E-state index in [1.807, 2.05) is 19.9 Å². The molecule has 6 nitrogen and oxygen atoms in total. The van der Waals surface area contributed by atoms with Crippen molar-refractivity contribution < 1.29 is 23.8 Å². The Labute approximate surface area is 151 Å². The first-order chi connectivity index (χ1) is 12.4. The summed E-state index contributed by atoms with van der Waals surface area (Å²) in [6.45, 7) is 5.48. The van der Waals surface area contributed by atoms with E-state index in [2.05, 4.69) is 6.07 Å². The Morgan fingerprint density at radius 2 is 2.15 bits per heavy atom. The molecular weight excluding hydrogens is 334 g/mol. The van der Waals surface area contributed by atoms with E-state index in [1.165, 1.54) is 0 Å². The second kappa shape index (κ2) is 6.13. The quantitative estimate of drug-likeness (QED) is 0.913. The highest BCUT2D eigenvalue weighted by Crippen LogP contribution is 2.42. The van der Waals surface area contributed by atoms with Crippen LogP contribution in [0.5, 0.6) is 0 Å². The number of rotatable bonds is 3. The molecule has 0 bridgehead atoms. The second-order valence-corrected chi connectivity index (χ2v) is 7.67. The van der Waals surface area contributed by atoms with Gasteiger partial charge in [-0.15, -0.1) is 0 Å². The summed E-state index contributed by atoms with van der Waals surface area (Å²) in [4.78, 5) is 26.4. The number of hydrogen-bond donors (Lipinski definition) is 1. The number of amides is 1. The molecule has 1 aromatic carbocycles. The highest BCUT2D eigenvalue weighted by Gasteiger charge is 2.55. The van der Waals surface area contributed by atoms with E-state index in [-0.39, 0.29) is 31.4 Å². The van der Waals surface area contributed by atoms with Crippen LogP contribution in [0.15, 0.2) is 22.8 Å². The topological polar surface area (TPSA) is 80.0 Å². The summed E-state index contributed by atoms with van der Waals surface area (Å²) in [5.74, 6) is -0.955. The van der Waals surface area contributed by atoms with Crippen molar-refractivity contribution in [2.75, 3.05) is 26.3 Å². The number of fused-ring (bicyclic) bond motifs is 2. The summed E-state index contributed by atoms with van der Waals surface area (Å²) in [5.41, 5.74) is 2.89. The van der Waals surface area contributed by atoms with Gasteiger partial charge in [-0.05, 0) is 43.4 Å². The number of furan rings is 1. The summed E-state index contributed by atoms with van der Waals surface area (Å²) in [7, 11) is 0. The predicted molar refractivity (Wildman–Crippen MR) is 95.0 cm³/mol. The minimum absolute atomic E-state index is 0.0387. The van der Waals surface area contributed by atoms with Crippen LogP contribution in [0, 0.1) is 25.2 Å². The number of aliphatic carboxylic acids is 1. The maximum absolute atomic E-state index is 12.9. The number of benzene rings is 1. The average Bonchev–Trinajstić information content (AvgIpc) is 3.17. The minimum Gasteiger partial charge on any atom is -0.481 e. The lowest BCUT2D eigenvalue weighted by Crippen LogP contribution is -2.46. The van der Waals surface area contributed by atoms with Crippen LogP contribution in [-0.2, 0) is 20.7 Å². The third kappa shape index (κ3) is 2.60. The van der Waals surface area contributed by atoms with E-state index < -0.39 is 11.4 Å². The van der Waals surface area contributed by atoms with Crippen molar-refractivity contribution in [3.05, 3.63) is 35.1 Å². The third-order valence-corrected chi connectivity index (χ3v) is 5.88. The highest BCUT2D eigenvalue weighted by molar-refractivity contribution is 5.90. The van der Waals surface area contributed by atoms with E-state index >= 15 is 0 Å². The van der Waals surface area contributed by atoms with Gasteiger partial charge in [0, 0.05) is 30.6 Å².